The summed E-state index contributed by atoms with van der Waals surface area (Å²) in [6, 6.07) is 7.77. The molecule has 2 fully saturated rings. The molecule has 0 radical (unpaired) electrons. The first-order valence-corrected chi connectivity index (χ1v) is 11.0. The first-order chi connectivity index (χ1) is 12.8. The normalized spacial score (nSPS) is 19.8. The number of anilines is 1. The van der Waals surface area contributed by atoms with E-state index in [2.05, 4.69) is 14.2 Å². The Balaban J connectivity index is 1.28. The summed E-state index contributed by atoms with van der Waals surface area (Å²) in [6.45, 7) is 5.64. The van der Waals surface area contributed by atoms with E-state index in [0.717, 1.165) is 53.6 Å². The van der Waals surface area contributed by atoms with Crippen LogP contribution in [0.2, 0.25) is 5.02 Å². The predicted octanol–water partition coefficient (Wildman–Crippen LogP) is 4.95. The number of piperazine rings is 1. The number of benzene rings is 1. The van der Waals surface area contributed by atoms with Gasteiger partial charge in [-0.25, -0.2) is 0 Å². The van der Waals surface area contributed by atoms with Crippen molar-refractivity contribution in [1.82, 2.24) is 14.3 Å². The van der Waals surface area contributed by atoms with Gasteiger partial charge in [0.25, 0.3) is 0 Å². The molecule has 4 rings (SSSR count). The van der Waals surface area contributed by atoms with Gasteiger partial charge in [0, 0.05) is 48.3 Å². The molecular weight excluding hydrogens is 364 g/mol. The van der Waals surface area contributed by atoms with Gasteiger partial charge in [-0.05, 0) is 31.0 Å². The maximum absolute atomic E-state index is 6.08. The van der Waals surface area contributed by atoms with Crippen molar-refractivity contribution in [3.8, 4) is 11.4 Å². The third-order valence-electron chi connectivity index (χ3n) is 5.72. The smallest absolute Gasteiger partial charge is 0.205 e. The minimum atomic E-state index is 0.727. The first kappa shape index (κ1) is 18.2. The summed E-state index contributed by atoms with van der Waals surface area (Å²) in [5.41, 5.74) is 0.992. The van der Waals surface area contributed by atoms with E-state index < -0.39 is 0 Å². The Hall–Kier alpha value is -1.17. The van der Waals surface area contributed by atoms with Gasteiger partial charge in [-0.3, -0.25) is 4.90 Å². The van der Waals surface area contributed by atoms with Crippen molar-refractivity contribution in [1.29, 1.82) is 0 Å². The van der Waals surface area contributed by atoms with Crippen LogP contribution in [0.25, 0.3) is 11.4 Å². The molecule has 2 heterocycles. The summed E-state index contributed by atoms with van der Waals surface area (Å²) < 4.78 is 4.54. The highest BCUT2D eigenvalue weighted by Gasteiger charge is 2.21. The number of nitrogens with zero attached hydrogens (tertiary/aromatic N) is 4. The van der Waals surface area contributed by atoms with Crippen LogP contribution in [0.1, 0.15) is 38.5 Å². The zero-order chi connectivity index (χ0) is 17.8. The lowest BCUT2D eigenvalue weighted by atomic mass is 9.87. The SMILES string of the molecule is Clc1cccc(-c2nsc(N3CCN(CCC4CCCCC4)CC3)n2)c1. The van der Waals surface area contributed by atoms with Gasteiger partial charge in [-0.2, -0.15) is 9.36 Å². The van der Waals surface area contributed by atoms with Gasteiger partial charge in [0.1, 0.15) is 0 Å². The lowest BCUT2D eigenvalue weighted by Gasteiger charge is -2.35. The number of hydrogen-bond donors (Lipinski definition) is 0. The topological polar surface area (TPSA) is 32.3 Å². The third kappa shape index (κ3) is 4.56. The Morgan fingerprint density at radius 2 is 1.88 bits per heavy atom. The van der Waals surface area contributed by atoms with Crippen molar-refractivity contribution in [3.63, 3.8) is 0 Å². The Morgan fingerprint density at radius 3 is 2.65 bits per heavy atom. The van der Waals surface area contributed by atoms with Crippen LogP contribution >= 0.6 is 23.1 Å². The van der Waals surface area contributed by atoms with E-state index in [4.69, 9.17) is 16.6 Å². The molecule has 4 nitrogen and oxygen atoms in total. The molecule has 0 atom stereocenters. The average molecular weight is 391 g/mol. The summed E-state index contributed by atoms with van der Waals surface area (Å²) in [5, 5.41) is 1.76. The first-order valence-electron chi connectivity index (χ1n) is 9.85. The average Bonchev–Trinajstić information content (AvgIpc) is 3.18. The fourth-order valence-corrected chi connectivity index (χ4v) is 5.02. The van der Waals surface area contributed by atoms with Gasteiger partial charge in [0.15, 0.2) is 5.82 Å². The van der Waals surface area contributed by atoms with Crippen molar-refractivity contribution in [2.45, 2.75) is 38.5 Å². The molecule has 2 aliphatic rings. The second-order valence-electron chi connectivity index (χ2n) is 7.53. The lowest BCUT2D eigenvalue weighted by Crippen LogP contribution is -2.46. The summed E-state index contributed by atoms with van der Waals surface area (Å²) in [4.78, 5) is 9.75. The molecule has 0 amide bonds. The number of aromatic nitrogens is 2. The van der Waals surface area contributed by atoms with Crippen molar-refractivity contribution in [2.24, 2.45) is 5.92 Å². The van der Waals surface area contributed by atoms with E-state index in [0.29, 0.717) is 0 Å². The van der Waals surface area contributed by atoms with Gasteiger partial charge in [-0.1, -0.05) is 55.8 Å². The number of hydrogen-bond acceptors (Lipinski definition) is 5. The zero-order valence-electron chi connectivity index (χ0n) is 15.2. The Kier molecular flexibility index (Phi) is 6.08. The maximum atomic E-state index is 6.08. The molecule has 0 spiro atoms. The van der Waals surface area contributed by atoms with E-state index >= 15 is 0 Å². The van der Waals surface area contributed by atoms with Gasteiger partial charge in [-0.15, -0.1) is 0 Å². The van der Waals surface area contributed by atoms with Crippen molar-refractivity contribution in [3.05, 3.63) is 29.3 Å². The quantitative estimate of drug-likeness (QED) is 0.722. The van der Waals surface area contributed by atoms with Crippen LogP contribution in [0.5, 0.6) is 0 Å². The number of halogens is 1. The molecule has 1 saturated carbocycles. The van der Waals surface area contributed by atoms with Gasteiger partial charge in [0.2, 0.25) is 5.13 Å². The van der Waals surface area contributed by atoms with Crippen LogP contribution in [0.4, 0.5) is 5.13 Å². The van der Waals surface area contributed by atoms with E-state index in [1.807, 2.05) is 24.3 Å². The minimum Gasteiger partial charge on any atom is -0.344 e. The largest absolute Gasteiger partial charge is 0.344 e. The molecule has 1 aromatic heterocycles. The highest BCUT2D eigenvalue weighted by molar-refractivity contribution is 7.09. The van der Waals surface area contributed by atoms with Gasteiger partial charge >= 0.3 is 0 Å². The van der Waals surface area contributed by atoms with Gasteiger partial charge < -0.3 is 4.90 Å². The zero-order valence-corrected chi connectivity index (χ0v) is 16.8. The van der Waals surface area contributed by atoms with E-state index in [1.54, 1.807) is 0 Å². The Morgan fingerprint density at radius 1 is 1.08 bits per heavy atom. The maximum Gasteiger partial charge on any atom is 0.205 e. The standard InChI is InChI=1S/C20H27ClN4S/c21-18-8-4-7-17(15-18)19-22-20(26-23-19)25-13-11-24(12-14-25)10-9-16-5-2-1-3-6-16/h4,7-8,15-16H,1-3,5-6,9-14H2. The molecule has 140 valence electrons. The molecule has 26 heavy (non-hydrogen) atoms. The molecule has 6 heteroatoms. The van der Waals surface area contributed by atoms with Crippen LogP contribution in [0.3, 0.4) is 0 Å². The van der Waals surface area contributed by atoms with Crippen LogP contribution in [0, 0.1) is 5.92 Å². The highest BCUT2D eigenvalue weighted by atomic mass is 35.5. The molecule has 1 aromatic carbocycles. The summed E-state index contributed by atoms with van der Waals surface area (Å²) in [7, 11) is 0. The molecular formula is C20H27ClN4S. The van der Waals surface area contributed by atoms with E-state index in [9.17, 15) is 0 Å². The molecule has 0 unspecified atom stereocenters. The summed E-state index contributed by atoms with van der Waals surface area (Å²) >= 11 is 7.58. The number of rotatable bonds is 5. The molecule has 1 aliphatic carbocycles. The second kappa shape index (κ2) is 8.68. The van der Waals surface area contributed by atoms with Crippen LogP contribution in [-0.2, 0) is 0 Å². The highest BCUT2D eigenvalue weighted by Crippen LogP contribution is 2.28. The molecule has 1 aliphatic heterocycles. The Labute approximate surface area is 165 Å². The van der Waals surface area contributed by atoms with Crippen molar-refractivity contribution < 1.29 is 0 Å². The van der Waals surface area contributed by atoms with Crippen LogP contribution in [-0.4, -0.2) is 47.0 Å². The van der Waals surface area contributed by atoms with Crippen molar-refractivity contribution in [2.75, 3.05) is 37.6 Å². The molecule has 1 saturated heterocycles. The molecule has 0 bridgehead atoms. The summed E-state index contributed by atoms with van der Waals surface area (Å²) in [6.07, 6.45) is 8.65. The van der Waals surface area contributed by atoms with E-state index in [1.165, 1.54) is 56.6 Å². The fourth-order valence-electron chi connectivity index (χ4n) is 4.09. The predicted molar refractivity (Wildman–Crippen MR) is 110 cm³/mol. The molecule has 2 aromatic rings. The monoisotopic (exact) mass is 390 g/mol. The van der Waals surface area contributed by atoms with Crippen molar-refractivity contribution >= 4 is 28.3 Å². The second-order valence-corrected chi connectivity index (χ2v) is 8.70. The lowest BCUT2D eigenvalue weighted by molar-refractivity contribution is 0.221. The molecule has 0 N–H and O–H groups in total. The fraction of sp³-hybridized carbons (Fsp3) is 0.600. The summed E-state index contributed by atoms with van der Waals surface area (Å²) in [5.74, 6) is 1.76. The van der Waals surface area contributed by atoms with Crippen LogP contribution in [0.15, 0.2) is 24.3 Å². The van der Waals surface area contributed by atoms with Crippen LogP contribution < -0.4 is 4.90 Å². The van der Waals surface area contributed by atoms with Gasteiger partial charge in [0.05, 0.1) is 0 Å². The minimum absolute atomic E-state index is 0.727. The Bertz CT molecular complexity index is 705. The van der Waals surface area contributed by atoms with E-state index in [-0.39, 0.29) is 0 Å². The third-order valence-corrected chi connectivity index (χ3v) is 6.73.